The van der Waals surface area contributed by atoms with Crippen LogP contribution in [0, 0.1) is 16.7 Å². The minimum Gasteiger partial charge on any atom is -0.387 e. The van der Waals surface area contributed by atoms with Crippen molar-refractivity contribution in [3.05, 3.63) is 0 Å². The van der Waals surface area contributed by atoms with E-state index in [1.54, 1.807) is 0 Å². The fraction of sp³-hybridized carbons (Fsp3) is 0.923. The van der Waals surface area contributed by atoms with Gasteiger partial charge in [0.1, 0.15) is 0 Å². The van der Waals surface area contributed by atoms with Gasteiger partial charge in [0.05, 0.1) is 5.84 Å². The van der Waals surface area contributed by atoms with E-state index in [4.69, 9.17) is 11.1 Å². The summed E-state index contributed by atoms with van der Waals surface area (Å²) < 4.78 is 0. The lowest BCUT2D eigenvalue weighted by Gasteiger charge is -2.29. The summed E-state index contributed by atoms with van der Waals surface area (Å²) in [7, 11) is 0. The van der Waals surface area contributed by atoms with Gasteiger partial charge >= 0.3 is 0 Å². The van der Waals surface area contributed by atoms with Crippen molar-refractivity contribution in [1.82, 2.24) is 4.90 Å². The van der Waals surface area contributed by atoms with Gasteiger partial charge < -0.3 is 10.6 Å². The number of likely N-dealkylation sites (tertiary alicyclic amines) is 1. The van der Waals surface area contributed by atoms with Crippen molar-refractivity contribution in [1.29, 1.82) is 5.41 Å². The van der Waals surface area contributed by atoms with Crippen LogP contribution in [0.5, 0.6) is 0 Å². The molecular weight excluding hydrogens is 198 g/mol. The Morgan fingerprint density at radius 3 is 2.69 bits per heavy atom. The van der Waals surface area contributed by atoms with E-state index >= 15 is 0 Å². The van der Waals surface area contributed by atoms with E-state index in [-0.39, 0.29) is 5.41 Å². The first kappa shape index (κ1) is 11.9. The molecule has 1 saturated carbocycles. The van der Waals surface area contributed by atoms with Gasteiger partial charge in [-0.2, -0.15) is 0 Å². The second kappa shape index (κ2) is 4.36. The van der Waals surface area contributed by atoms with Gasteiger partial charge in [0.25, 0.3) is 0 Å². The molecule has 3 nitrogen and oxygen atoms in total. The first-order valence-corrected chi connectivity index (χ1v) is 6.57. The van der Waals surface area contributed by atoms with E-state index in [1.807, 2.05) is 0 Å². The summed E-state index contributed by atoms with van der Waals surface area (Å²) in [4.78, 5) is 2.66. The number of hydrogen-bond acceptors (Lipinski definition) is 2. The lowest BCUT2D eigenvalue weighted by molar-refractivity contribution is 0.204. The Bertz CT molecular complexity index is 272. The number of nitrogens with one attached hydrogen (secondary N) is 1. The summed E-state index contributed by atoms with van der Waals surface area (Å²) in [5, 5.41) is 7.53. The van der Waals surface area contributed by atoms with Crippen LogP contribution in [0.1, 0.15) is 46.0 Å². The average Bonchev–Trinajstić information content (AvgIpc) is 2.78. The highest BCUT2D eigenvalue weighted by molar-refractivity contribution is 5.82. The number of nitrogens with zero attached hydrogens (tertiary/aromatic N) is 1. The second-order valence-electron chi connectivity index (χ2n) is 6.23. The predicted molar refractivity (Wildman–Crippen MR) is 67.6 cm³/mol. The molecule has 1 saturated heterocycles. The molecule has 2 atom stereocenters. The van der Waals surface area contributed by atoms with Crippen molar-refractivity contribution in [3.8, 4) is 0 Å². The maximum absolute atomic E-state index is 7.53. The van der Waals surface area contributed by atoms with E-state index in [0.29, 0.717) is 5.84 Å². The topological polar surface area (TPSA) is 53.1 Å². The van der Waals surface area contributed by atoms with Crippen LogP contribution < -0.4 is 5.73 Å². The number of rotatable bonds is 5. The molecule has 2 fully saturated rings. The fourth-order valence-corrected chi connectivity index (χ4v) is 3.16. The van der Waals surface area contributed by atoms with Crippen molar-refractivity contribution in [2.45, 2.75) is 52.0 Å². The molecule has 0 aromatic rings. The maximum Gasteiger partial charge on any atom is 0.0963 e. The Labute approximate surface area is 98.9 Å². The molecule has 1 aliphatic carbocycles. The Hall–Kier alpha value is -0.570. The number of nitrogens with two attached hydrogens (primary N) is 1. The Kier molecular flexibility index (Phi) is 3.24. The molecule has 3 heteroatoms. The molecule has 1 heterocycles. The van der Waals surface area contributed by atoms with Crippen molar-refractivity contribution < 1.29 is 0 Å². The van der Waals surface area contributed by atoms with Crippen molar-refractivity contribution in [3.63, 3.8) is 0 Å². The predicted octanol–water partition coefficient (Wildman–Crippen LogP) is 2.21. The van der Waals surface area contributed by atoms with Gasteiger partial charge in [-0.1, -0.05) is 13.8 Å². The molecular formula is C13H25N3. The van der Waals surface area contributed by atoms with Gasteiger partial charge in [0, 0.05) is 18.0 Å². The number of fused-ring (bicyclic) bond motifs is 2. The highest BCUT2D eigenvalue weighted by atomic mass is 15.2. The largest absolute Gasteiger partial charge is 0.387 e. The summed E-state index contributed by atoms with van der Waals surface area (Å²) >= 11 is 0. The van der Waals surface area contributed by atoms with Crippen LogP contribution >= 0.6 is 0 Å². The number of hydrogen-bond donors (Lipinski definition) is 2. The lowest BCUT2D eigenvalue weighted by atomic mass is 9.86. The van der Waals surface area contributed by atoms with E-state index in [1.165, 1.54) is 38.8 Å². The Morgan fingerprint density at radius 1 is 1.44 bits per heavy atom. The Morgan fingerprint density at radius 2 is 2.19 bits per heavy atom. The van der Waals surface area contributed by atoms with Gasteiger partial charge in [-0.3, -0.25) is 5.41 Å². The molecule has 16 heavy (non-hydrogen) atoms. The molecule has 0 amide bonds. The van der Waals surface area contributed by atoms with Crippen LogP contribution in [0.3, 0.4) is 0 Å². The highest BCUT2D eigenvalue weighted by Crippen LogP contribution is 2.37. The van der Waals surface area contributed by atoms with Gasteiger partial charge in [-0.25, -0.2) is 0 Å². The van der Waals surface area contributed by atoms with Gasteiger partial charge in [-0.15, -0.1) is 0 Å². The van der Waals surface area contributed by atoms with E-state index < -0.39 is 0 Å². The molecule has 2 bridgehead atoms. The summed E-state index contributed by atoms with van der Waals surface area (Å²) in [6.07, 6.45) is 6.53. The molecule has 92 valence electrons. The summed E-state index contributed by atoms with van der Waals surface area (Å²) in [5.74, 6) is 1.32. The molecule has 2 unspecified atom stereocenters. The first-order chi connectivity index (χ1) is 7.49. The number of amidine groups is 1. The third kappa shape index (κ3) is 2.40. The zero-order valence-corrected chi connectivity index (χ0v) is 10.6. The quantitative estimate of drug-likeness (QED) is 0.554. The fourth-order valence-electron chi connectivity index (χ4n) is 3.16. The zero-order chi connectivity index (χ0) is 11.8. The van der Waals surface area contributed by atoms with E-state index in [9.17, 15) is 0 Å². The van der Waals surface area contributed by atoms with Crippen molar-refractivity contribution in [2.24, 2.45) is 17.1 Å². The first-order valence-electron chi connectivity index (χ1n) is 6.57. The SMILES string of the molecule is CC(C)(CCCN1CC2CCC1C2)C(=N)N. The minimum atomic E-state index is -0.112. The summed E-state index contributed by atoms with van der Waals surface area (Å²) in [6, 6.07) is 0.880. The van der Waals surface area contributed by atoms with E-state index in [2.05, 4.69) is 18.7 Å². The standard InChI is InChI=1S/C13H25N3/c1-13(2,12(14)15)6-3-7-16-9-10-4-5-11(16)8-10/h10-11H,3-9H2,1-2H3,(H3,14,15). The minimum absolute atomic E-state index is 0.112. The smallest absolute Gasteiger partial charge is 0.0963 e. The lowest BCUT2D eigenvalue weighted by Crippen LogP contribution is -2.35. The Balaban J connectivity index is 1.71. The highest BCUT2D eigenvalue weighted by Gasteiger charge is 2.37. The van der Waals surface area contributed by atoms with E-state index in [0.717, 1.165) is 18.4 Å². The molecule has 0 spiro atoms. The average molecular weight is 223 g/mol. The van der Waals surface area contributed by atoms with Gasteiger partial charge in [-0.05, 0) is 44.6 Å². The molecule has 2 aliphatic rings. The zero-order valence-electron chi connectivity index (χ0n) is 10.6. The summed E-state index contributed by atoms with van der Waals surface area (Å²) in [6.45, 7) is 6.68. The van der Waals surface area contributed by atoms with Crippen LogP contribution in [0.25, 0.3) is 0 Å². The third-order valence-electron chi connectivity index (χ3n) is 4.50. The van der Waals surface area contributed by atoms with Crippen LogP contribution in [0.4, 0.5) is 0 Å². The third-order valence-corrected chi connectivity index (χ3v) is 4.50. The van der Waals surface area contributed by atoms with Gasteiger partial charge in [0.2, 0.25) is 0 Å². The van der Waals surface area contributed by atoms with Crippen LogP contribution in [-0.2, 0) is 0 Å². The second-order valence-corrected chi connectivity index (χ2v) is 6.23. The molecule has 0 aromatic carbocycles. The van der Waals surface area contributed by atoms with Crippen LogP contribution in [-0.4, -0.2) is 29.9 Å². The monoisotopic (exact) mass is 223 g/mol. The molecule has 0 aromatic heterocycles. The molecule has 1 aliphatic heterocycles. The van der Waals surface area contributed by atoms with Crippen molar-refractivity contribution >= 4 is 5.84 Å². The maximum atomic E-state index is 7.53. The molecule has 3 N–H and O–H groups in total. The molecule has 0 radical (unpaired) electrons. The normalized spacial score (nSPS) is 29.9. The van der Waals surface area contributed by atoms with Crippen molar-refractivity contribution in [2.75, 3.05) is 13.1 Å². The summed E-state index contributed by atoms with van der Waals surface area (Å²) in [5.41, 5.74) is 5.48. The van der Waals surface area contributed by atoms with Crippen LogP contribution in [0.2, 0.25) is 0 Å². The number of piperidine rings is 1. The molecule has 2 rings (SSSR count). The van der Waals surface area contributed by atoms with Crippen LogP contribution in [0.15, 0.2) is 0 Å². The van der Waals surface area contributed by atoms with Gasteiger partial charge in [0.15, 0.2) is 0 Å².